The minimum absolute atomic E-state index is 0.00399. The van der Waals surface area contributed by atoms with Gasteiger partial charge in [-0.2, -0.15) is 4.39 Å². The summed E-state index contributed by atoms with van der Waals surface area (Å²) in [6, 6.07) is 0. The van der Waals surface area contributed by atoms with Gasteiger partial charge in [-0.3, -0.25) is 5.01 Å². The number of aromatic amines is 2. The topological polar surface area (TPSA) is 125 Å². The summed E-state index contributed by atoms with van der Waals surface area (Å²) >= 11 is 0. The molecule has 86 valence electrons. The molecule has 0 radical (unpaired) electrons. The van der Waals surface area contributed by atoms with E-state index in [1.165, 1.54) is 5.01 Å². The van der Waals surface area contributed by atoms with Crippen LogP contribution in [0.1, 0.15) is 12.2 Å². The number of nitrogens with one attached hydrogen (secondary N) is 2. The van der Waals surface area contributed by atoms with E-state index in [0.717, 1.165) is 0 Å². The molecule has 0 fully saturated rings. The third-order valence-corrected chi connectivity index (χ3v) is 1.96. The standard InChI is InChI=1S/C6H10FN9/c7-5-6(12-13-11-5)16(8)3-1-2-4-9-14-15-10-4/h1-3,8H2,(H,11,12,13)(H,9,10,14,15). The lowest BCUT2D eigenvalue weighted by molar-refractivity contribution is 0.572. The third kappa shape index (κ3) is 2.28. The van der Waals surface area contributed by atoms with Crippen LogP contribution in [0.15, 0.2) is 0 Å². The summed E-state index contributed by atoms with van der Waals surface area (Å²) in [4.78, 5) is 0. The molecular formula is C6H10FN9. The first kappa shape index (κ1) is 10.4. The monoisotopic (exact) mass is 227 g/mol. The van der Waals surface area contributed by atoms with Crippen molar-refractivity contribution < 1.29 is 4.39 Å². The zero-order valence-electron chi connectivity index (χ0n) is 8.26. The van der Waals surface area contributed by atoms with Gasteiger partial charge in [0.2, 0.25) is 5.82 Å². The fourth-order valence-electron chi connectivity index (χ4n) is 1.20. The normalized spacial score (nSPS) is 10.6. The SMILES string of the molecule is NN(CCCc1nnn[nH]1)c1nn[nH]c1F. The van der Waals surface area contributed by atoms with E-state index in [-0.39, 0.29) is 5.82 Å². The number of halogens is 1. The van der Waals surface area contributed by atoms with Crippen LogP contribution in [0.25, 0.3) is 0 Å². The number of nitrogens with zero attached hydrogens (tertiary/aromatic N) is 6. The number of aromatic nitrogens is 7. The van der Waals surface area contributed by atoms with E-state index in [1.54, 1.807) is 0 Å². The minimum Gasteiger partial charge on any atom is -0.289 e. The van der Waals surface area contributed by atoms with Crippen LogP contribution in [-0.4, -0.2) is 42.6 Å². The Morgan fingerprint density at radius 2 is 2.12 bits per heavy atom. The van der Waals surface area contributed by atoms with Gasteiger partial charge in [-0.15, -0.1) is 10.2 Å². The average Bonchev–Trinajstić information content (AvgIpc) is 2.88. The van der Waals surface area contributed by atoms with Crippen LogP contribution in [0, 0.1) is 5.95 Å². The number of hydrazine groups is 1. The second kappa shape index (κ2) is 4.61. The smallest absolute Gasteiger partial charge is 0.254 e. The highest BCUT2D eigenvalue weighted by molar-refractivity contribution is 5.32. The van der Waals surface area contributed by atoms with Crippen LogP contribution in [0.3, 0.4) is 0 Å². The van der Waals surface area contributed by atoms with Gasteiger partial charge in [0.1, 0.15) is 5.82 Å². The van der Waals surface area contributed by atoms with Crippen molar-refractivity contribution in [1.29, 1.82) is 0 Å². The fourth-order valence-corrected chi connectivity index (χ4v) is 1.20. The van der Waals surface area contributed by atoms with E-state index >= 15 is 0 Å². The highest BCUT2D eigenvalue weighted by Gasteiger charge is 2.11. The molecule has 2 aromatic heterocycles. The summed E-state index contributed by atoms with van der Waals surface area (Å²) in [5.74, 6) is 5.60. The summed E-state index contributed by atoms with van der Waals surface area (Å²) < 4.78 is 13.0. The molecule has 4 N–H and O–H groups in total. The van der Waals surface area contributed by atoms with Gasteiger partial charge in [0, 0.05) is 13.0 Å². The zero-order chi connectivity index (χ0) is 11.4. The molecule has 2 aromatic rings. The molecule has 10 heteroatoms. The van der Waals surface area contributed by atoms with Crippen molar-refractivity contribution in [3.05, 3.63) is 11.8 Å². The van der Waals surface area contributed by atoms with E-state index in [0.29, 0.717) is 25.2 Å². The van der Waals surface area contributed by atoms with E-state index in [4.69, 9.17) is 5.84 Å². The summed E-state index contributed by atoms with van der Waals surface area (Å²) in [5.41, 5.74) is 0. The van der Waals surface area contributed by atoms with Gasteiger partial charge < -0.3 is 0 Å². The summed E-state index contributed by atoms with van der Waals surface area (Å²) in [7, 11) is 0. The average molecular weight is 227 g/mol. The first-order valence-corrected chi connectivity index (χ1v) is 4.58. The molecule has 0 amide bonds. The molecule has 2 rings (SSSR count). The molecule has 0 saturated carbocycles. The molecule has 16 heavy (non-hydrogen) atoms. The van der Waals surface area contributed by atoms with Gasteiger partial charge in [0.05, 0.1) is 0 Å². The van der Waals surface area contributed by atoms with Gasteiger partial charge in [-0.25, -0.2) is 16.0 Å². The molecular weight excluding hydrogens is 217 g/mol. The van der Waals surface area contributed by atoms with Crippen molar-refractivity contribution in [2.75, 3.05) is 11.6 Å². The van der Waals surface area contributed by atoms with E-state index in [2.05, 4.69) is 36.0 Å². The number of hydrogen-bond acceptors (Lipinski definition) is 7. The maximum atomic E-state index is 13.0. The Balaban J connectivity index is 1.80. The predicted octanol–water partition coefficient (Wildman–Crippen LogP) is -1.23. The number of rotatable bonds is 5. The first-order chi connectivity index (χ1) is 7.77. The minimum atomic E-state index is -0.649. The predicted molar refractivity (Wildman–Crippen MR) is 50.4 cm³/mol. The second-order valence-electron chi connectivity index (χ2n) is 3.09. The maximum absolute atomic E-state index is 13.0. The molecule has 0 unspecified atom stereocenters. The van der Waals surface area contributed by atoms with Crippen LogP contribution < -0.4 is 10.9 Å². The van der Waals surface area contributed by atoms with Gasteiger partial charge in [0.15, 0.2) is 0 Å². The summed E-state index contributed by atoms with van der Waals surface area (Å²) in [5, 5.41) is 23.2. The molecule has 0 aliphatic rings. The van der Waals surface area contributed by atoms with Crippen LogP contribution in [0.5, 0.6) is 0 Å². The number of tetrazole rings is 1. The number of aryl methyl sites for hydroxylation is 1. The van der Waals surface area contributed by atoms with Gasteiger partial charge >= 0.3 is 0 Å². The lowest BCUT2D eigenvalue weighted by atomic mass is 10.3. The summed E-state index contributed by atoms with van der Waals surface area (Å²) in [6.45, 7) is 0.421. The molecule has 9 nitrogen and oxygen atoms in total. The van der Waals surface area contributed by atoms with E-state index in [1.807, 2.05) is 0 Å². The van der Waals surface area contributed by atoms with Crippen LogP contribution in [-0.2, 0) is 6.42 Å². The molecule has 0 aliphatic carbocycles. The first-order valence-electron chi connectivity index (χ1n) is 4.58. The maximum Gasteiger partial charge on any atom is 0.254 e. The van der Waals surface area contributed by atoms with Gasteiger partial charge in [-0.1, -0.05) is 5.21 Å². The number of anilines is 1. The number of nitrogens with two attached hydrogens (primary N) is 1. The molecule has 0 bridgehead atoms. The van der Waals surface area contributed by atoms with E-state index < -0.39 is 5.95 Å². The number of H-pyrrole nitrogens is 2. The van der Waals surface area contributed by atoms with Crippen molar-refractivity contribution >= 4 is 5.82 Å². The van der Waals surface area contributed by atoms with Crippen molar-refractivity contribution in [2.24, 2.45) is 5.84 Å². The molecule has 2 heterocycles. The largest absolute Gasteiger partial charge is 0.289 e. The Bertz CT molecular complexity index is 423. The molecule has 0 spiro atoms. The Morgan fingerprint density at radius 3 is 2.75 bits per heavy atom. The molecule has 0 aromatic carbocycles. The number of hydrogen-bond donors (Lipinski definition) is 3. The molecule has 0 atom stereocenters. The zero-order valence-corrected chi connectivity index (χ0v) is 8.26. The Morgan fingerprint density at radius 1 is 1.25 bits per heavy atom. The van der Waals surface area contributed by atoms with Crippen molar-refractivity contribution in [1.82, 2.24) is 36.0 Å². The van der Waals surface area contributed by atoms with Crippen LogP contribution in [0.2, 0.25) is 0 Å². The van der Waals surface area contributed by atoms with Crippen LogP contribution in [0.4, 0.5) is 10.2 Å². The van der Waals surface area contributed by atoms with Crippen LogP contribution >= 0.6 is 0 Å². The summed E-state index contributed by atoms with van der Waals surface area (Å²) in [6.07, 6.45) is 1.29. The molecule has 0 saturated heterocycles. The van der Waals surface area contributed by atoms with Crippen molar-refractivity contribution in [3.63, 3.8) is 0 Å². The quantitative estimate of drug-likeness (QED) is 0.431. The Kier molecular flexibility index (Phi) is 3.00. The van der Waals surface area contributed by atoms with E-state index in [9.17, 15) is 4.39 Å². The second-order valence-corrected chi connectivity index (χ2v) is 3.09. The highest BCUT2D eigenvalue weighted by atomic mass is 19.1. The van der Waals surface area contributed by atoms with Crippen molar-refractivity contribution in [3.8, 4) is 0 Å². The lowest BCUT2D eigenvalue weighted by Gasteiger charge is -2.13. The molecule has 0 aliphatic heterocycles. The highest BCUT2D eigenvalue weighted by Crippen LogP contribution is 2.09. The van der Waals surface area contributed by atoms with Gasteiger partial charge in [-0.05, 0) is 16.8 Å². The van der Waals surface area contributed by atoms with Crippen molar-refractivity contribution in [2.45, 2.75) is 12.8 Å². The third-order valence-electron chi connectivity index (χ3n) is 1.96. The Hall–Kier alpha value is -2.10. The fraction of sp³-hybridized carbons (Fsp3) is 0.500. The van der Waals surface area contributed by atoms with Gasteiger partial charge in [0.25, 0.3) is 5.95 Å². The Labute approximate surface area is 89.2 Å². The lowest BCUT2D eigenvalue weighted by Crippen LogP contribution is -2.33.